The van der Waals surface area contributed by atoms with Crippen LogP contribution in [0.3, 0.4) is 0 Å². The van der Waals surface area contributed by atoms with E-state index in [4.69, 9.17) is 10.8 Å². The molecule has 1 atom stereocenters. The second-order valence-electron chi connectivity index (χ2n) is 3.32. The molecule has 0 aliphatic heterocycles. The van der Waals surface area contributed by atoms with Crippen molar-refractivity contribution in [3.05, 3.63) is 29.3 Å². The summed E-state index contributed by atoms with van der Waals surface area (Å²) in [4.78, 5) is 10.7. The molecule has 0 heterocycles. The van der Waals surface area contributed by atoms with Crippen LogP contribution in [0.15, 0.2) is 18.2 Å². The number of phenols is 1. The molecule has 0 saturated heterocycles. The Bertz CT molecular complexity index is 401. The van der Waals surface area contributed by atoms with Gasteiger partial charge in [0.2, 0.25) is 6.43 Å². The van der Waals surface area contributed by atoms with E-state index in [9.17, 15) is 18.7 Å². The predicted octanol–water partition coefficient (Wildman–Crippen LogP) is 2.17. The van der Waals surface area contributed by atoms with E-state index in [0.29, 0.717) is 0 Å². The smallest absolute Gasteiger partial charge is 0.339 e. The monoisotopic (exact) mass is 267 g/mol. The molecule has 0 fully saturated rings. The van der Waals surface area contributed by atoms with Crippen molar-refractivity contribution in [1.29, 1.82) is 0 Å². The van der Waals surface area contributed by atoms with Gasteiger partial charge in [0.15, 0.2) is 0 Å². The Hall–Kier alpha value is -1.40. The first kappa shape index (κ1) is 15.6. The number of aromatic hydroxyl groups is 1. The summed E-state index contributed by atoms with van der Waals surface area (Å²) < 4.78 is 24.1. The molecule has 0 radical (unpaired) electrons. The number of benzene rings is 1. The highest BCUT2D eigenvalue weighted by Gasteiger charge is 2.16. The van der Waals surface area contributed by atoms with E-state index in [1.54, 1.807) is 0 Å². The van der Waals surface area contributed by atoms with Crippen LogP contribution in [0.1, 0.15) is 28.4 Å². The van der Waals surface area contributed by atoms with Gasteiger partial charge in [-0.25, -0.2) is 13.6 Å². The number of rotatable bonds is 4. The predicted molar refractivity (Wildman–Crippen MR) is 59.9 cm³/mol. The summed E-state index contributed by atoms with van der Waals surface area (Å²) in [6.07, 6.45) is -3.11. The van der Waals surface area contributed by atoms with Crippen molar-refractivity contribution >= 4 is 18.4 Å². The second-order valence-corrected chi connectivity index (χ2v) is 3.32. The highest BCUT2D eigenvalue weighted by Crippen LogP contribution is 2.24. The summed E-state index contributed by atoms with van der Waals surface area (Å²) in [6.45, 7) is 0. The Kier molecular flexibility index (Phi) is 5.84. The van der Waals surface area contributed by atoms with Crippen LogP contribution in [0, 0.1) is 0 Å². The average Bonchev–Trinajstić information content (AvgIpc) is 2.16. The Labute approximate surface area is 102 Å². The lowest BCUT2D eigenvalue weighted by molar-refractivity contribution is 0.0693. The molecular formula is C10H12ClF2NO3. The number of carbonyl (C=O) groups is 1. The molecule has 96 valence electrons. The molecule has 17 heavy (non-hydrogen) atoms. The van der Waals surface area contributed by atoms with Gasteiger partial charge in [-0.1, -0.05) is 6.07 Å². The molecule has 4 N–H and O–H groups in total. The highest BCUT2D eigenvalue weighted by atomic mass is 35.5. The third-order valence-corrected chi connectivity index (χ3v) is 2.11. The summed E-state index contributed by atoms with van der Waals surface area (Å²) >= 11 is 0. The van der Waals surface area contributed by atoms with Crippen LogP contribution in [0.5, 0.6) is 5.75 Å². The van der Waals surface area contributed by atoms with Gasteiger partial charge >= 0.3 is 5.97 Å². The zero-order valence-electron chi connectivity index (χ0n) is 8.64. The zero-order valence-corrected chi connectivity index (χ0v) is 9.45. The standard InChI is InChI=1S/C10H11F2NO3.ClH/c11-9(12)4-7(13)5-1-2-8(14)6(3-5)10(15)16;/h1-3,7,9,14H,4,13H2,(H,15,16);1H/t7-;/m1./s1. The molecule has 0 amide bonds. The quantitative estimate of drug-likeness (QED) is 0.781. The zero-order chi connectivity index (χ0) is 12.3. The van der Waals surface area contributed by atoms with Gasteiger partial charge in [0.25, 0.3) is 0 Å². The Morgan fingerprint density at radius 2 is 2.00 bits per heavy atom. The third-order valence-electron chi connectivity index (χ3n) is 2.11. The number of carboxylic acid groups (broad SMARTS) is 1. The first-order chi connectivity index (χ1) is 7.41. The topological polar surface area (TPSA) is 83.5 Å². The molecule has 1 aromatic carbocycles. The SMILES string of the molecule is Cl.N[C@H](CC(F)F)c1ccc(O)c(C(=O)O)c1. The average molecular weight is 268 g/mol. The van der Waals surface area contributed by atoms with Crippen LogP contribution in [0.25, 0.3) is 0 Å². The maximum absolute atomic E-state index is 12.1. The third kappa shape index (κ3) is 4.16. The lowest BCUT2D eigenvalue weighted by Crippen LogP contribution is -2.14. The normalized spacial score (nSPS) is 12.0. The van der Waals surface area contributed by atoms with Crippen molar-refractivity contribution in [2.24, 2.45) is 5.73 Å². The fraction of sp³-hybridized carbons (Fsp3) is 0.300. The van der Waals surface area contributed by atoms with Crippen molar-refractivity contribution in [3.63, 3.8) is 0 Å². The van der Waals surface area contributed by atoms with Crippen LogP contribution < -0.4 is 5.73 Å². The van der Waals surface area contributed by atoms with Crippen molar-refractivity contribution in [2.75, 3.05) is 0 Å². The second kappa shape index (κ2) is 6.36. The molecule has 0 aromatic heterocycles. The molecule has 1 rings (SSSR count). The van der Waals surface area contributed by atoms with Crippen molar-refractivity contribution in [3.8, 4) is 5.75 Å². The number of alkyl halides is 2. The minimum atomic E-state index is -2.56. The number of hydrogen-bond acceptors (Lipinski definition) is 3. The number of carboxylic acids is 1. The van der Waals surface area contributed by atoms with Crippen LogP contribution >= 0.6 is 12.4 Å². The summed E-state index contributed by atoms with van der Waals surface area (Å²) in [5.41, 5.74) is 5.38. The highest BCUT2D eigenvalue weighted by molar-refractivity contribution is 5.90. The first-order valence-corrected chi connectivity index (χ1v) is 4.51. The lowest BCUT2D eigenvalue weighted by atomic mass is 10.0. The Balaban J connectivity index is 0.00000256. The summed E-state index contributed by atoms with van der Waals surface area (Å²) in [6, 6.07) is 2.61. The molecule has 4 nitrogen and oxygen atoms in total. The van der Waals surface area contributed by atoms with Crippen molar-refractivity contribution in [1.82, 2.24) is 0 Å². The van der Waals surface area contributed by atoms with Crippen LogP contribution in [-0.2, 0) is 0 Å². The van der Waals surface area contributed by atoms with Crippen LogP contribution in [-0.4, -0.2) is 22.6 Å². The lowest BCUT2D eigenvalue weighted by Gasteiger charge is -2.12. The van der Waals surface area contributed by atoms with Gasteiger partial charge in [-0.05, 0) is 17.7 Å². The number of halogens is 3. The van der Waals surface area contributed by atoms with Crippen molar-refractivity contribution in [2.45, 2.75) is 18.9 Å². The molecule has 0 spiro atoms. The number of aromatic carboxylic acids is 1. The maximum atomic E-state index is 12.1. The molecule has 0 unspecified atom stereocenters. The van der Waals surface area contributed by atoms with Gasteiger partial charge < -0.3 is 15.9 Å². The van der Waals surface area contributed by atoms with Gasteiger partial charge in [-0.15, -0.1) is 12.4 Å². The molecule has 0 aliphatic rings. The van der Waals surface area contributed by atoms with E-state index in [0.717, 1.165) is 12.1 Å². The molecule has 0 saturated carbocycles. The van der Waals surface area contributed by atoms with Gasteiger partial charge in [0.05, 0.1) is 0 Å². The van der Waals surface area contributed by atoms with E-state index in [-0.39, 0.29) is 23.5 Å². The van der Waals surface area contributed by atoms with Crippen LogP contribution in [0.4, 0.5) is 8.78 Å². The minimum Gasteiger partial charge on any atom is -0.507 e. The maximum Gasteiger partial charge on any atom is 0.339 e. The van der Waals surface area contributed by atoms with Crippen molar-refractivity contribution < 1.29 is 23.8 Å². The van der Waals surface area contributed by atoms with Gasteiger partial charge in [-0.2, -0.15) is 0 Å². The fourth-order valence-corrected chi connectivity index (χ4v) is 1.28. The van der Waals surface area contributed by atoms with Gasteiger partial charge in [-0.3, -0.25) is 0 Å². The number of nitrogens with two attached hydrogens (primary N) is 1. The van der Waals surface area contributed by atoms with E-state index in [1.807, 2.05) is 0 Å². The molecular weight excluding hydrogens is 256 g/mol. The molecule has 0 bridgehead atoms. The molecule has 0 aliphatic carbocycles. The van der Waals surface area contributed by atoms with Gasteiger partial charge in [0.1, 0.15) is 11.3 Å². The van der Waals surface area contributed by atoms with E-state index in [1.165, 1.54) is 6.07 Å². The Morgan fingerprint density at radius 3 is 2.47 bits per heavy atom. The largest absolute Gasteiger partial charge is 0.507 e. The van der Waals surface area contributed by atoms with E-state index < -0.39 is 30.6 Å². The summed E-state index contributed by atoms with van der Waals surface area (Å²) in [7, 11) is 0. The minimum absolute atomic E-state index is 0. The Morgan fingerprint density at radius 1 is 1.41 bits per heavy atom. The van der Waals surface area contributed by atoms with Crippen LogP contribution in [0.2, 0.25) is 0 Å². The molecule has 7 heteroatoms. The van der Waals surface area contributed by atoms with Gasteiger partial charge in [0, 0.05) is 12.5 Å². The fourth-order valence-electron chi connectivity index (χ4n) is 1.28. The summed E-state index contributed by atoms with van der Waals surface area (Å²) in [5, 5.41) is 17.9. The van der Waals surface area contributed by atoms with E-state index in [2.05, 4.69) is 0 Å². The first-order valence-electron chi connectivity index (χ1n) is 4.51. The summed E-state index contributed by atoms with van der Waals surface area (Å²) in [5.74, 6) is -1.75. The molecule has 1 aromatic rings. The number of hydrogen-bond donors (Lipinski definition) is 3. The van der Waals surface area contributed by atoms with E-state index >= 15 is 0 Å².